The summed E-state index contributed by atoms with van der Waals surface area (Å²) in [5.74, 6) is 0. The molecule has 0 aromatic heterocycles. The van der Waals surface area contributed by atoms with Crippen LogP contribution >= 0.6 is 7.75 Å². The van der Waals surface area contributed by atoms with Crippen molar-refractivity contribution in [2.24, 2.45) is 0 Å². The van der Waals surface area contributed by atoms with Gasteiger partial charge in [-0.15, -0.1) is 0 Å². The van der Waals surface area contributed by atoms with Gasteiger partial charge in [0.15, 0.2) is 0 Å². The minimum absolute atomic E-state index is 0. The summed E-state index contributed by atoms with van der Waals surface area (Å²) in [5, 5.41) is 0. The normalized spacial score (nSPS) is 9.50. The van der Waals surface area contributed by atoms with Crippen LogP contribution in [0.2, 0.25) is 0 Å². The zero-order valence-corrected chi connectivity index (χ0v) is 7.96. The van der Waals surface area contributed by atoms with E-state index in [1.54, 1.807) is 6.92 Å². The van der Waals surface area contributed by atoms with Crippen molar-refractivity contribution in [1.29, 1.82) is 0 Å². The van der Waals surface area contributed by atoms with Crippen molar-refractivity contribution in [3.05, 3.63) is 6.92 Å². The van der Waals surface area contributed by atoms with Crippen molar-refractivity contribution in [3.8, 4) is 0 Å². The van der Waals surface area contributed by atoms with E-state index >= 15 is 0 Å². The van der Waals surface area contributed by atoms with Crippen LogP contribution in [0.3, 0.4) is 0 Å². The Morgan fingerprint density at radius 2 is 1.40 bits per heavy atom. The third kappa shape index (κ3) is 11.4. The number of rotatable bonds is 1. The van der Waals surface area contributed by atoms with Crippen LogP contribution in [0.5, 0.6) is 0 Å². The molecule has 10 heavy (non-hydrogen) atoms. The summed E-state index contributed by atoms with van der Waals surface area (Å²) in [6, 6.07) is 0. The number of hydrogen-bond donors (Lipinski definition) is 0. The van der Waals surface area contributed by atoms with E-state index in [4.69, 9.17) is 0 Å². The third-order valence-corrected chi connectivity index (χ3v) is 1.47. The summed E-state index contributed by atoms with van der Waals surface area (Å²) in [7, 11) is -2.01. The summed E-state index contributed by atoms with van der Waals surface area (Å²) in [5.41, 5.74) is 0. The molecule has 0 bridgehead atoms. The van der Waals surface area contributed by atoms with E-state index in [9.17, 15) is 14.4 Å². The maximum absolute atomic E-state index is 9.73. The van der Waals surface area contributed by atoms with Crippen LogP contribution in [-0.4, -0.2) is 18.8 Å². The van der Waals surface area contributed by atoms with Gasteiger partial charge in [-0.3, -0.25) is 4.67 Å². The minimum Gasteiger partial charge on any atom is -0.799 e. The predicted molar refractivity (Wildman–Crippen MR) is 32.3 cm³/mol. The smallest absolute Gasteiger partial charge is 0.799 e. The molecule has 0 aliphatic rings. The summed E-state index contributed by atoms with van der Waals surface area (Å²) in [6.45, 7) is 5.00. The second-order valence-corrected chi connectivity index (χ2v) is 3.05. The molecular weight excluding hydrogens is 205 g/mol. The van der Waals surface area contributed by atoms with Gasteiger partial charge in [-0.05, 0) is 21.8 Å². The van der Waals surface area contributed by atoms with Crippen molar-refractivity contribution in [2.75, 3.05) is 14.1 Å². The Kier molecular flexibility index (Phi) is 13.1. The SMILES string of the molecule is CN(C)P(=O)([O-])[O-].[CH2-]C.[Cu+2]. The standard InChI is InChI=1S/C2H8NO3P.C2H5.Cu/c1-3(2)7(4,5)6;1-2;/h1-2H3,(H2,4,5,6);1H2,2H3;/q;-1;+2/p-2. The van der Waals surface area contributed by atoms with Gasteiger partial charge >= 0.3 is 17.1 Å². The largest absolute Gasteiger partial charge is 2.00 e. The van der Waals surface area contributed by atoms with Gasteiger partial charge in [0.2, 0.25) is 0 Å². The molecular formula is C4H11CuNO3P-. The molecule has 67 valence electrons. The molecule has 0 aromatic carbocycles. The molecule has 1 radical (unpaired) electrons. The van der Waals surface area contributed by atoms with E-state index in [0.29, 0.717) is 4.67 Å². The van der Waals surface area contributed by atoms with Crippen LogP contribution in [-0.2, 0) is 21.6 Å². The first kappa shape index (κ1) is 16.9. The van der Waals surface area contributed by atoms with Crippen molar-refractivity contribution in [2.45, 2.75) is 6.92 Å². The van der Waals surface area contributed by atoms with Gasteiger partial charge in [0.1, 0.15) is 0 Å². The molecule has 0 spiro atoms. The molecule has 0 unspecified atom stereocenters. The van der Waals surface area contributed by atoms with E-state index in [1.807, 2.05) is 0 Å². The summed E-state index contributed by atoms with van der Waals surface area (Å²) in [4.78, 5) is 19.5. The second-order valence-electron chi connectivity index (χ2n) is 1.32. The number of hydrogen-bond acceptors (Lipinski definition) is 3. The molecule has 4 nitrogen and oxygen atoms in total. The first-order chi connectivity index (χ1) is 3.94. The Morgan fingerprint density at radius 3 is 1.40 bits per heavy atom. The van der Waals surface area contributed by atoms with Crippen molar-refractivity contribution in [3.63, 3.8) is 0 Å². The fourth-order valence-corrected chi connectivity index (χ4v) is 0. The van der Waals surface area contributed by atoms with E-state index < -0.39 is 7.75 Å². The molecule has 0 aromatic rings. The van der Waals surface area contributed by atoms with Crippen LogP contribution in [0.4, 0.5) is 0 Å². The van der Waals surface area contributed by atoms with Crippen LogP contribution in [0, 0.1) is 6.92 Å². The van der Waals surface area contributed by atoms with Gasteiger partial charge in [0, 0.05) is 0 Å². The molecule has 6 heteroatoms. The monoisotopic (exact) mass is 215 g/mol. The molecule has 0 heterocycles. The Balaban J connectivity index is -0.000000149. The van der Waals surface area contributed by atoms with Crippen LogP contribution in [0.25, 0.3) is 0 Å². The van der Waals surface area contributed by atoms with E-state index in [1.165, 1.54) is 14.1 Å². The van der Waals surface area contributed by atoms with Crippen molar-refractivity contribution in [1.82, 2.24) is 4.67 Å². The molecule has 0 saturated heterocycles. The third-order valence-electron chi connectivity index (χ3n) is 0.490. The quantitative estimate of drug-likeness (QED) is 0.327. The van der Waals surface area contributed by atoms with E-state index in [-0.39, 0.29) is 17.1 Å². The zero-order chi connectivity index (χ0) is 8.08. The Hall–Kier alpha value is 0.629. The average Bonchev–Trinajstić information content (AvgIpc) is 1.69. The first-order valence-electron chi connectivity index (χ1n) is 2.35. The Morgan fingerprint density at radius 1 is 1.30 bits per heavy atom. The fraction of sp³-hybridized carbons (Fsp3) is 0.750. The maximum atomic E-state index is 9.73. The molecule has 0 aliphatic carbocycles. The first-order valence-corrected chi connectivity index (χ1v) is 3.84. The fourth-order valence-electron chi connectivity index (χ4n) is 0. The average molecular weight is 216 g/mol. The van der Waals surface area contributed by atoms with Crippen molar-refractivity contribution >= 4 is 7.75 Å². The van der Waals surface area contributed by atoms with Gasteiger partial charge in [-0.25, -0.2) is 0 Å². The summed E-state index contributed by atoms with van der Waals surface area (Å²) < 4.78 is 10.4. The summed E-state index contributed by atoms with van der Waals surface area (Å²) in [6.07, 6.45) is 0. The number of nitrogens with zero attached hydrogens (tertiary/aromatic N) is 1. The molecule has 0 amide bonds. The van der Waals surface area contributed by atoms with Crippen molar-refractivity contribution < 1.29 is 31.4 Å². The molecule has 0 saturated carbocycles. The van der Waals surface area contributed by atoms with E-state index in [2.05, 4.69) is 6.92 Å². The van der Waals surface area contributed by atoms with Gasteiger partial charge in [0.25, 0.3) is 0 Å². The van der Waals surface area contributed by atoms with Crippen LogP contribution in [0.15, 0.2) is 0 Å². The topological polar surface area (TPSA) is 66.4 Å². The molecule has 0 fully saturated rings. The van der Waals surface area contributed by atoms with E-state index in [0.717, 1.165) is 0 Å². The second kappa shape index (κ2) is 7.73. The van der Waals surface area contributed by atoms with Gasteiger partial charge in [0.05, 0.1) is 0 Å². The van der Waals surface area contributed by atoms with Crippen LogP contribution in [0.1, 0.15) is 6.92 Å². The molecule has 0 rings (SSSR count). The summed E-state index contributed by atoms with van der Waals surface area (Å²) >= 11 is 0. The van der Waals surface area contributed by atoms with Gasteiger partial charge < -0.3 is 21.3 Å². The minimum atomic E-state index is -4.40. The molecule has 0 atom stereocenters. The zero-order valence-electron chi connectivity index (χ0n) is 6.13. The van der Waals surface area contributed by atoms with Gasteiger partial charge in [-0.2, -0.15) is 6.92 Å². The predicted octanol–water partition coefficient (Wildman–Crippen LogP) is -0.785. The van der Waals surface area contributed by atoms with Crippen LogP contribution < -0.4 is 9.79 Å². The van der Waals surface area contributed by atoms with Gasteiger partial charge in [-0.1, -0.05) is 0 Å². The molecule has 0 aliphatic heterocycles. The maximum Gasteiger partial charge on any atom is 2.00 e. The Bertz CT molecular complexity index is 103. The molecule has 0 N–H and O–H groups in total. The Labute approximate surface area is 72.3 Å².